The fraction of sp³-hybridized carbons (Fsp3) is 0.600. The first-order valence-electron chi connectivity index (χ1n) is 2.18. The van der Waals surface area contributed by atoms with Gasteiger partial charge >= 0.3 is 0 Å². The van der Waals surface area contributed by atoms with E-state index in [1.165, 1.54) is 6.92 Å². The molecule has 1 atom stereocenters. The molecular formula is C5H9O2. The normalized spacial score (nSPS) is 13.6. The molecular weight excluding hydrogens is 92.1 g/mol. The minimum Gasteiger partial charge on any atom is -0.386 e. The molecule has 0 rings (SSSR count). The minimum absolute atomic E-state index is 0.178. The quantitative estimate of drug-likeness (QED) is 0.538. The Kier molecular flexibility index (Phi) is 2.60. The largest absolute Gasteiger partial charge is 0.386 e. The summed E-state index contributed by atoms with van der Waals surface area (Å²) in [7, 11) is 0. The molecule has 0 saturated carbocycles. The molecule has 2 heteroatoms. The van der Waals surface area contributed by atoms with Crippen molar-refractivity contribution in [3.8, 4) is 0 Å². The summed E-state index contributed by atoms with van der Waals surface area (Å²) in [6.45, 7) is 4.74. The highest BCUT2D eigenvalue weighted by Crippen LogP contribution is 1.85. The third-order valence-electron chi connectivity index (χ3n) is 0.712. The van der Waals surface area contributed by atoms with Gasteiger partial charge in [0, 0.05) is 6.42 Å². The van der Waals surface area contributed by atoms with Crippen LogP contribution < -0.4 is 0 Å². The fourth-order valence-corrected chi connectivity index (χ4v) is 0.209. The lowest BCUT2D eigenvalue weighted by atomic mass is 10.2. The second kappa shape index (κ2) is 2.75. The van der Waals surface area contributed by atoms with Crippen molar-refractivity contribution in [2.24, 2.45) is 0 Å². The summed E-state index contributed by atoms with van der Waals surface area (Å²) in [5.41, 5.74) is 0. The molecule has 41 valence electrons. The van der Waals surface area contributed by atoms with Crippen LogP contribution in [-0.2, 0) is 4.79 Å². The third-order valence-corrected chi connectivity index (χ3v) is 0.712. The monoisotopic (exact) mass is 101 g/mol. The number of ketones is 1. The van der Waals surface area contributed by atoms with Crippen LogP contribution in [0.25, 0.3) is 0 Å². The summed E-state index contributed by atoms with van der Waals surface area (Å²) in [6, 6.07) is 0. The van der Waals surface area contributed by atoms with Crippen LogP contribution in [0.4, 0.5) is 0 Å². The molecule has 0 aromatic carbocycles. The predicted octanol–water partition coefficient (Wildman–Crippen LogP) is 0.160. The van der Waals surface area contributed by atoms with Gasteiger partial charge in [-0.3, -0.25) is 4.79 Å². The molecule has 0 spiro atoms. The van der Waals surface area contributed by atoms with Gasteiger partial charge in [-0.2, -0.15) is 0 Å². The summed E-state index contributed by atoms with van der Waals surface area (Å²) < 4.78 is 0. The van der Waals surface area contributed by atoms with Gasteiger partial charge in [0.2, 0.25) is 0 Å². The average molecular weight is 101 g/mol. The number of hydrogen-bond donors (Lipinski definition) is 1. The number of hydrogen-bond acceptors (Lipinski definition) is 2. The van der Waals surface area contributed by atoms with Gasteiger partial charge in [0.15, 0.2) is 5.78 Å². The molecule has 7 heavy (non-hydrogen) atoms. The molecule has 1 radical (unpaired) electrons. The van der Waals surface area contributed by atoms with Crippen LogP contribution in [0.15, 0.2) is 0 Å². The Morgan fingerprint density at radius 3 is 2.43 bits per heavy atom. The van der Waals surface area contributed by atoms with Crippen LogP contribution in [-0.4, -0.2) is 17.0 Å². The van der Waals surface area contributed by atoms with Gasteiger partial charge in [0.25, 0.3) is 0 Å². The molecule has 0 fully saturated rings. The van der Waals surface area contributed by atoms with Gasteiger partial charge < -0.3 is 5.11 Å². The van der Waals surface area contributed by atoms with E-state index in [1.807, 2.05) is 0 Å². The molecule has 1 N–H and O–H groups in total. The van der Waals surface area contributed by atoms with E-state index < -0.39 is 6.10 Å². The Hall–Kier alpha value is -0.370. The highest BCUT2D eigenvalue weighted by atomic mass is 16.3. The van der Waals surface area contributed by atoms with E-state index in [9.17, 15) is 4.79 Å². The Bertz CT molecular complexity index is 66.5. The molecule has 0 aliphatic rings. The standard InChI is InChI=1S/C5H9O2/c1-3-5(7)4(2)6/h4,6H,1,3H2,2H3. The van der Waals surface area contributed by atoms with Crippen LogP contribution in [0.2, 0.25) is 0 Å². The van der Waals surface area contributed by atoms with Gasteiger partial charge in [-0.25, -0.2) is 0 Å². The van der Waals surface area contributed by atoms with Crippen molar-refractivity contribution in [1.29, 1.82) is 0 Å². The smallest absolute Gasteiger partial charge is 0.160 e. The van der Waals surface area contributed by atoms with Gasteiger partial charge in [-0.1, -0.05) is 0 Å². The SMILES string of the molecule is [CH2]CC(=O)C(C)O. The summed E-state index contributed by atoms with van der Waals surface area (Å²) >= 11 is 0. The summed E-state index contributed by atoms with van der Waals surface area (Å²) in [6.07, 6.45) is -0.657. The second-order valence-corrected chi connectivity index (χ2v) is 1.39. The number of Topliss-reactive ketones (excluding diaryl/α,β-unsaturated/α-hetero) is 1. The summed E-state index contributed by atoms with van der Waals surface area (Å²) in [5, 5.41) is 8.43. The maximum Gasteiger partial charge on any atom is 0.160 e. The highest BCUT2D eigenvalue weighted by molar-refractivity contribution is 5.82. The molecule has 0 aliphatic heterocycles. The van der Waals surface area contributed by atoms with Crippen LogP contribution >= 0.6 is 0 Å². The van der Waals surface area contributed by atoms with Crippen molar-refractivity contribution < 1.29 is 9.90 Å². The lowest BCUT2D eigenvalue weighted by molar-refractivity contribution is -0.125. The predicted molar refractivity (Wildman–Crippen MR) is 26.7 cm³/mol. The summed E-state index contributed by atoms with van der Waals surface area (Å²) in [4.78, 5) is 10.2. The third kappa shape index (κ3) is 2.34. The van der Waals surface area contributed by atoms with E-state index in [-0.39, 0.29) is 12.2 Å². The Morgan fingerprint density at radius 2 is 2.43 bits per heavy atom. The summed E-state index contributed by atoms with van der Waals surface area (Å²) in [5.74, 6) is -0.208. The average Bonchev–Trinajstić information content (AvgIpc) is 1.65. The Morgan fingerprint density at radius 1 is 2.00 bits per heavy atom. The van der Waals surface area contributed by atoms with Gasteiger partial charge in [-0.05, 0) is 13.8 Å². The first kappa shape index (κ1) is 6.63. The first-order chi connectivity index (χ1) is 3.18. The number of aliphatic hydroxyl groups is 1. The molecule has 0 heterocycles. The van der Waals surface area contributed by atoms with E-state index in [2.05, 4.69) is 6.92 Å². The minimum atomic E-state index is -0.836. The second-order valence-electron chi connectivity index (χ2n) is 1.39. The first-order valence-corrected chi connectivity index (χ1v) is 2.18. The molecule has 0 aromatic heterocycles. The number of carbonyl (C=O) groups is 1. The molecule has 1 unspecified atom stereocenters. The van der Waals surface area contributed by atoms with Gasteiger partial charge in [0.1, 0.15) is 6.10 Å². The maximum atomic E-state index is 10.2. The maximum absolute atomic E-state index is 10.2. The van der Waals surface area contributed by atoms with E-state index in [4.69, 9.17) is 5.11 Å². The zero-order chi connectivity index (χ0) is 5.86. The van der Waals surface area contributed by atoms with Gasteiger partial charge in [-0.15, -0.1) is 0 Å². The molecule has 0 saturated heterocycles. The van der Waals surface area contributed by atoms with E-state index in [1.54, 1.807) is 0 Å². The van der Waals surface area contributed by atoms with E-state index in [0.29, 0.717) is 0 Å². The molecule has 0 bridgehead atoms. The van der Waals surface area contributed by atoms with Gasteiger partial charge in [0.05, 0.1) is 0 Å². The van der Waals surface area contributed by atoms with Crippen LogP contribution in [0, 0.1) is 6.92 Å². The van der Waals surface area contributed by atoms with Crippen LogP contribution in [0.1, 0.15) is 13.3 Å². The number of aliphatic hydroxyl groups excluding tert-OH is 1. The van der Waals surface area contributed by atoms with E-state index >= 15 is 0 Å². The zero-order valence-electron chi connectivity index (χ0n) is 4.35. The van der Waals surface area contributed by atoms with E-state index in [0.717, 1.165) is 0 Å². The van der Waals surface area contributed by atoms with Crippen LogP contribution in [0.3, 0.4) is 0 Å². The van der Waals surface area contributed by atoms with Crippen molar-refractivity contribution in [1.82, 2.24) is 0 Å². The number of carbonyl (C=O) groups excluding carboxylic acids is 1. The van der Waals surface area contributed by atoms with Crippen molar-refractivity contribution in [3.05, 3.63) is 6.92 Å². The topological polar surface area (TPSA) is 37.3 Å². The lowest BCUT2D eigenvalue weighted by Crippen LogP contribution is -2.13. The Balaban J connectivity index is 3.35. The molecule has 2 nitrogen and oxygen atoms in total. The van der Waals surface area contributed by atoms with Crippen molar-refractivity contribution in [2.45, 2.75) is 19.4 Å². The van der Waals surface area contributed by atoms with Crippen molar-refractivity contribution >= 4 is 5.78 Å². The lowest BCUT2D eigenvalue weighted by Gasteiger charge is -1.95. The molecule has 0 aliphatic carbocycles. The van der Waals surface area contributed by atoms with Crippen molar-refractivity contribution in [2.75, 3.05) is 0 Å². The fourth-order valence-electron chi connectivity index (χ4n) is 0.209. The zero-order valence-corrected chi connectivity index (χ0v) is 4.35. The Labute approximate surface area is 43.2 Å². The number of rotatable bonds is 2. The highest BCUT2D eigenvalue weighted by Gasteiger charge is 2.02. The van der Waals surface area contributed by atoms with Crippen molar-refractivity contribution in [3.63, 3.8) is 0 Å². The van der Waals surface area contributed by atoms with Crippen LogP contribution in [0.5, 0.6) is 0 Å². The molecule has 0 amide bonds. The molecule has 0 aromatic rings.